The zero-order valence-corrected chi connectivity index (χ0v) is 20.1. The van der Waals surface area contributed by atoms with Crippen molar-refractivity contribution in [3.8, 4) is 0 Å². The van der Waals surface area contributed by atoms with Crippen LogP contribution in [-0.2, 0) is 16.9 Å². The fourth-order valence-electron chi connectivity index (χ4n) is 2.63. The highest BCUT2D eigenvalue weighted by Gasteiger charge is 2.19. The van der Waals surface area contributed by atoms with E-state index in [9.17, 15) is 13.2 Å². The Balaban J connectivity index is 1.64. The summed E-state index contributed by atoms with van der Waals surface area (Å²) in [7, 11) is -1.56. The van der Waals surface area contributed by atoms with Crippen LogP contribution in [0.1, 0.15) is 16.3 Å². The predicted octanol–water partition coefficient (Wildman–Crippen LogP) is 2.59. The number of nitrogens with zero attached hydrogens (tertiary/aromatic N) is 6. The summed E-state index contributed by atoms with van der Waals surface area (Å²) >= 11 is 2.39. The van der Waals surface area contributed by atoms with Crippen LogP contribution in [0.5, 0.6) is 0 Å². The summed E-state index contributed by atoms with van der Waals surface area (Å²) in [5, 5.41) is 16.1. The monoisotopic (exact) mass is 502 g/mol. The van der Waals surface area contributed by atoms with Gasteiger partial charge in [0.05, 0.1) is 11.1 Å². The van der Waals surface area contributed by atoms with Gasteiger partial charge >= 0.3 is 0 Å². The number of hydrogen-bond donors (Lipinski definition) is 2. The normalized spacial score (nSPS) is 11.5. The SMILES string of the molecule is Cc1nnc(Sc2cnc(Sc3ccc(S(C)(=O)=O)cc3)c(C(=O)Nc3ccn(C)n3)n2)[nH]1. The summed E-state index contributed by atoms with van der Waals surface area (Å²) in [5.41, 5.74) is 0.0964. The number of carbonyl (C=O) groups is 1. The lowest BCUT2D eigenvalue weighted by Gasteiger charge is -2.09. The quantitative estimate of drug-likeness (QED) is 0.386. The van der Waals surface area contributed by atoms with Crippen molar-refractivity contribution in [2.75, 3.05) is 11.6 Å². The second kappa shape index (κ2) is 9.33. The average molecular weight is 503 g/mol. The van der Waals surface area contributed by atoms with Gasteiger partial charge in [0, 0.05) is 30.5 Å². The summed E-state index contributed by atoms with van der Waals surface area (Å²) in [6.45, 7) is 1.78. The average Bonchev–Trinajstić information content (AvgIpc) is 3.36. The van der Waals surface area contributed by atoms with E-state index in [0.717, 1.165) is 6.26 Å². The summed E-state index contributed by atoms with van der Waals surface area (Å²) in [6, 6.07) is 7.99. The van der Waals surface area contributed by atoms with Crippen LogP contribution in [0, 0.1) is 6.92 Å². The first kappa shape index (κ1) is 22.9. The number of carbonyl (C=O) groups excluding carboxylic acids is 1. The second-order valence-corrected chi connectivity index (χ2v) is 10.9. The Hall–Kier alpha value is -3.23. The molecule has 4 rings (SSSR count). The molecule has 0 fully saturated rings. The molecule has 0 unspecified atom stereocenters. The molecule has 0 radical (unpaired) electrons. The van der Waals surface area contributed by atoms with Crippen LogP contribution in [-0.4, -0.2) is 55.5 Å². The minimum Gasteiger partial charge on any atom is -0.320 e. The van der Waals surface area contributed by atoms with E-state index in [2.05, 4.69) is 35.6 Å². The van der Waals surface area contributed by atoms with Gasteiger partial charge in [-0.05, 0) is 43.0 Å². The third-order valence-corrected chi connectivity index (χ3v) is 7.04. The summed E-state index contributed by atoms with van der Waals surface area (Å²) in [5.74, 6) is 0.553. The third-order valence-electron chi connectivity index (χ3n) is 4.13. The van der Waals surface area contributed by atoms with Gasteiger partial charge in [0.1, 0.15) is 15.9 Å². The Kier molecular flexibility index (Phi) is 6.49. The molecule has 0 saturated heterocycles. The molecule has 2 N–H and O–H groups in total. The van der Waals surface area contributed by atoms with Crippen molar-refractivity contribution in [1.29, 1.82) is 0 Å². The van der Waals surface area contributed by atoms with Crippen molar-refractivity contribution in [3.05, 3.63) is 54.2 Å². The minimum atomic E-state index is -3.31. The number of sulfone groups is 1. The molecule has 0 spiro atoms. The van der Waals surface area contributed by atoms with Crippen molar-refractivity contribution in [2.24, 2.45) is 7.05 Å². The molecular weight excluding hydrogens is 484 g/mol. The van der Waals surface area contributed by atoms with Gasteiger partial charge in [-0.3, -0.25) is 9.48 Å². The smallest absolute Gasteiger partial charge is 0.278 e. The Morgan fingerprint density at radius 1 is 1.12 bits per heavy atom. The standard InChI is InChI=1S/C19H18N8O3S3/c1-11-21-19(25-24-11)32-15-10-20-18(31-12-4-6-13(7-5-12)33(3,29)30)16(23-15)17(28)22-14-8-9-27(2)26-14/h4-10H,1-3H3,(H,21,24,25)(H,22,26,28). The van der Waals surface area contributed by atoms with Gasteiger partial charge in [-0.25, -0.2) is 18.4 Å². The van der Waals surface area contributed by atoms with Gasteiger partial charge in [0.2, 0.25) is 0 Å². The van der Waals surface area contributed by atoms with Gasteiger partial charge < -0.3 is 10.3 Å². The molecule has 0 aliphatic carbocycles. The largest absolute Gasteiger partial charge is 0.320 e. The van der Waals surface area contributed by atoms with Gasteiger partial charge in [0.25, 0.3) is 5.91 Å². The number of aromatic nitrogens is 7. The molecule has 0 saturated carbocycles. The second-order valence-electron chi connectivity index (χ2n) is 6.85. The molecule has 1 amide bonds. The lowest BCUT2D eigenvalue weighted by atomic mass is 10.4. The molecular formula is C19H18N8O3S3. The van der Waals surface area contributed by atoms with Crippen molar-refractivity contribution in [2.45, 2.75) is 31.9 Å². The number of benzene rings is 1. The summed E-state index contributed by atoms with van der Waals surface area (Å²) < 4.78 is 25.0. The number of amides is 1. The van der Waals surface area contributed by atoms with E-state index in [0.29, 0.717) is 31.7 Å². The van der Waals surface area contributed by atoms with Crippen molar-refractivity contribution >= 4 is 45.1 Å². The molecule has 3 heterocycles. The van der Waals surface area contributed by atoms with Gasteiger partial charge in [-0.15, -0.1) is 10.2 Å². The Morgan fingerprint density at radius 2 is 1.88 bits per heavy atom. The van der Waals surface area contributed by atoms with Crippen LogP contribution in [0.4, 0.5) is 5.82 Å². The van der Waals surface area contributed by atoms with E-state index in [-0.39, 0.29) is 10.6 Å². The Labute approximate surface area is 197 Å². The first-order valence-corrected chi connectivity index (χ1v) is 12.9. The van der Waals surface area contributed by atoms with E-state index in [4.69, 9.17) is 0 Å². The summed E-state index contributed by atoms with van der Waals surface area (Å²) in [6.07, 6.45) is 4.39. The van der Waals surface area contributed by atoms with Crippen LogP contribution in [0.2, 0.25) is 0 Å². The van der Waals surface area contributed by atoms with Crippen LogP contribution in [0.3, 0.4) is 0 Å². The van der Waals surface area contributed by atoms with Crippen molar-refractivity contribution < 1.29 is 13.2 Å². The number of aromatic amines is 1. The number of nitrogens with one attached hydrogen (secondary N) is 2. The highest BCUT2D eigenvalue weighted by atomic mass is 32.2. The molecule has 4 aromatic rings. The van der Waals surface area contributed by atoms with Gasteiger partial charge in [-0.1, -0.05) is 11.8 Å². The first-order chi connectivity index (χ1) is 15.7. The van der Waals surface area contributed by atoms with E-state index >= 15 is 0 Å². The Morgan fingerprint density at radius 3 is 2.48 bits per heavy atom. The highest BCUT2D eigenvalue weighted by Crippen LogP contribution is 2.31. The van der Waals surface area contributed by atoms with Crippen molar-refractivity contribution in [3.63, 3.8) is 0 Å². The highest BCUT2D eigenvalue weighted by molar-refractivity contribution is 7.99. The van der Waals surface area contributed by atoms with Crippen LogP contribution in [0.25, 0.3) is 0 Å². The molecule has 0 bridgehead atoms. The molecule has 14 heteroatoms. The molecule has 170 valence electrons. The maximum Gasteiger partial charge on any atom is 0.278 e. The van der Waals surface area contributed by atoms with Crippen molar-refractivity contribution in [1.82, 2.24) is 34.9 Å². The van der Waals surface area contributed by atoms with E-state index in [1.165, 1.54) is 41.9 Å². The third kappa shape index (κ3) is 5.77. The zero-order valence-electron chi connectivity index (χ0n) is 17.7. The molecule has 0 aliphatic rings. The molecule has 0 atom stereocenters. The molecule has 3 aromatic heterocycles. The number of anilines is 1. The van der Waals surface area contributed by atoms with E-state index in [1.54, 1.807) is 43.0 Å². The minimum absolute atomic E-state index is 0.0964. The lowest BCUT2D eigenvalue weighted by Crippen LogP contribution is -2.16. The van der Waals surface area contributed by atoms with E-state index < -0.39 is 15.7 Å². The van der Waals surface area contributed by atoms with Crippen LogP contribution < -0.4 is 5.32 Å². The molecule has 0 aliphatic heterocycles. The zero-order chi connectivity index (χ0) is 23.6. The van der Waals surface area contributed by atoms with Gasteiger partial charge in [-0.2, -0.15) is 5.10 Å². The molecule has 11 nitrogen and oxygen atoms in total. The molecule has 1 aromatic carbocycles. The topological polar surface area (TPSA) is 148 Å². The fraction of sp³-hybridized carbons (Fsp3) is 0.158. The Bertz CT molecular complexity index is 1410. The van der Waals surface area contributed by atoms with E-state index in [1.807, 2.05) is 0 Å². The first-order valence-electron chi connectivity index (χ1n) is 9.40. The van der Waals surface area contributed by atoms with Gasteiger partial charge in [0.15, 0.2) is 26.5 Å². The number of hydrogen-bond acceptors (Lipinski definition) is 10. The predicted molar refractivity (Wildman–Crippen MR) is 122 cm³/mol. The maximum absolute atomic E-state index is 13.0. The van der Waals surface area contributed by atoms with Crippen LogP contribution in [0.15, 0.2) is 67.7 Å². The van der Waals surface area contributed by atoms with Crippen LogP contribution >= 0.6 is 23.5 Å². The number of aryl methyl sites for hydroxylation is 2. The number of rotatable bonds is 7. The maximum atomic E-state index is 13.0. The number of H-pyrrole nitrogens is 1. The summed E-state index contributed by atoms with van der Waals surface area (Å²) in [4.78, 5) is 25.8. The molecule has 33 heavy (non-hydrogen) atoms. The fourth-order valence-corrected chi connectivity index (χ4v) is 4.81. The lowest BCUT2D eigenvalue weighted by molar-refractivity contribution is 0.101.